The summed E-state index contributed by atoms with van der Waals surface area (Å²) >= 11 is 0. The number of alkyl halides is 2. The van der Waals surface area contributed by atoms with Gasteiger partial charge in [-0.05, 0) is 18.6 Å². The third-order valence-corrected chi connectivity index (χ3v) is 3.71. The maximum absolute atomic E-state index is 14.7. The number of nitrogens with zero attached hydrogens (tertiary/aromatic N) is 1. The van der Waals surface area contributed by atoms with E-state index in [2.05, 4.69) is 9.72 Å². The van der Waals surface area contributed by atoms with Crippen LogP contribution in [0.1, 0.15) is 12.5 Å². The summed E-state index contributed by atoms with van der Waals surface area (Å²) in [6.45, 7) is 1.38. The number of esters is 1. The molecule has 0 saturated carbocycles. The van der Waals surface area contributed by atoms with Crippen LogP contribution < -0.4 is 0 Å². The molecule has 0 aliphatic rings. The second-order valence-corrected chi connectivity index (χ2v) is 5.22. The Bertz CT molecular complexity index is 879. The van der Waals surface area contributed by atoms with Crippen LogP contribution in [0.3, 0.4) is 0 Å². The van der Waals surface area contributed by atoms with Crippen LogP contribution >= 0.6 is 0 Å². The predicted octanol–water partition coefficient (Wildman–Crippen LogP) is 4.56. The molecule has 1 heterocycles. The second-order valence-electron chi connectivity index (χ2n) is 5.22. The Morgan fingerprint density at radius 3 is 2.46 bits per heavy atom. The Hall–Kier alpha value is -2.82. The lowest BCUT2D eigenvalue weighted by molar-refractivity contribution is -0.173. The highest BCUT2D eigenvalue weighted by Crippen LogP contribution is 2.40. The average Bonchev–Trinajstić information content (AvgIpc) is 2.61. The average molecular weight is 327 g/mol. The molecule has 2 aromatic carbocycles. The van der Waals surface area contributed by atoms with Crippen molar-refractivity contribution in [2.24, 2.45) is 0 Å². The van der Waals surface area contributed by atoms with Crippen molar-refractivity contribution in [3.8, 4) is 11.1 Å². The number of rotatable bonds is 4. The highest BCUT2D eigenvalue weighted by Gasteiger charge is 2.45. The maximum Gasteiger partial charge on any atom is 0.382 e. The highest BCUT2D eigenvalue weighted by atomic mass is 19.3. The van der Waals surface area contributed by atoms with Crippen molar-refractivity contribution < 1.29 is 18.3 Å². The number of carbonyl (C=O) groups excluding carboxylic acids is 1. The van der Waals surface area contributed by atoms with Gasteiger partial charge in [0, 0.05) is 17.1 Å². The van der Waals surface area contributed by atoms with Crippen molar-refractivity contribution in [3.05, 3.63) is 66.4 Å². The van der Waals surface area contributed by atoms with E-state index in [0.717, 1.165) is 6.20 Å². The topological polar surface area (TPSA) is 39.2 Å². The third kappa shape index (κ3) is 2.73. The van der Waals surface area contributed by atoms with Crippen molar-refractivity contribution in [2.45, 2.75) is 12.8 Å². The van der Waals surface area contributed by atoms with Gasteiger partial charge in [0.25, 0.3) is 0 Å². The smallest absolute Gasteiger partial charge is 0.382 e. The predicted molar refractivity (Wildman–Crippen MR) is 87.7 cm³/mol. The Morgan fingerprint density at radius 1 is 1.08 bits per heavy atom. The van der Waals surface area contributed by atoms with Crippen LogP contribution in [0.25, 0.3) is 22.0 Å². The van der Waals surface area contributed by atoms with Crippen LogP contribution in [0, 0.1) is 0 Å². The van der Waals surface area contributed by atoms with Crippen LogP contribution in [-0.2, 0) is 15.5 Å². The lowest BCUT2D eigenvalue weighted by atomic mass is 9.93. The van der Waals surface area contributed by atoms with Gasteiger partial charge < -0.3 is 4.74 Å². The summed E-state index contributed by atoms with van der Waals surface area (Å²) in [7, 11) is 0. The molecule has 122 valence electrons. The molecule has 0 aliphatic carbocycles. The zero-order valence-corrected chi connectivity index (χ0v) is 13.0. The summed E-state index contributed by atoms with van der Waals surface area (Å²) in [5, 5.41) is 0.560. The van der Waals surface area contributed by atoms with Gasteiger partial charge in [0.15, 0.2) is 0 Å². The molecule has 0 saturated heterocycles. The van der Waals surface area contributed by atoms with Gasteiger partial charge in [0.1, 0.15) is 0 Å². The molecule has 0 fully saturated rings. The maximum atomic E-state index is 14.7. The number of para-hydroxylation sites is 1. The number of carbonyl (C=O) groups is 1. The normalized spacial score (nSPS) is 11.5. The van der Waals surface area contributed by atoms with E-state index >= 15 is 0 Å². The van der Waals surface area contributed by atoms with Crippen LogP contribution in [0.2, 0.25) is 0 Å². The first-order valence-electron chi connectivity index (χ1n) is 7.54. The summed E-state index contributed by atoms with van der Waals surface area (Å²) in [6, 6.07) is 15.8. The van der Waals surface area contributed by atoms with Gasteiger partial charge >= 0.3 is 11.9 Å². The number of pyridine rings is 1. The van der Waals surface area contributed by atoms with E-state index in [9.17, 15) is 13.6 Å². The van der Waals surface area contributed by atoms with E-state index in [1.165, 1.54) is 6.92 Å². The van der Waals surface area contributed by atoms with Crippen molar-refractivity contribution in [1.29, 1.82) is 0 Å². The minimum Gasteiger partial charge on any atom is -0.461 e. The lowest BCUT2D eigenvalue weighted by Gasteiger charge is -2.19. The molecule has 0 aliphatic heterocycles. The van der Waals surface area contributed by atoms with Gasteiger partial charge in [-0.25, -0.2) is 4.79 Å². The number of aromatic nitrogens is 1. The summed E-state index contributed by atoms with van der Waals surface area (Å²) in [6.07, 6.45) is 1.06. The van der Waals surface area contributed by atoms with Gasteiger partial charge in [-0.3, -0.25) is 4.98 Å². The van der Waals surface area contributed by atoms with Crippen LogP contribution in [0.4, 0.5) is 8.78 Å². The SMILES string of the molecule is CCOC(=O)C(F)(F)c1cnc2ccccc2c1-c1ccccc1. The highest BCUT2D eigenvalue weighted by molar-refractivity contribution is 5.98. The fourth-order valence-electron chi connectivity index (χ4n) is 2.63. The molecule has 0 unspecified atom stereocenters. The van der Waals surface area contributed by atoms with Crippen molar-refractivity contribution >= 4 is 16.9 Å². The van der Waals surface area contributed by atoms with Gasteiger partial charge in [-0.1, -0.05) is 48.5 Å². The van der Waals surface area contributed by atoms with E-state index in [1.54, 1.807) is 54.6 Å². The molecule has 0 atom stereocenters. The Kier molecular flexibility index (Phi) is 4.25. The molecular weight excluding hydrogens is 312 g/mol. The number of ether oxygens (including phenoxy) is 1. The molecule has 0 spiro atoms. The molecule has 0 bridgehead atoms. The van der Waals surface area contributed by atoms with Crippen LogP contribution in [0.15, 0.2) is 60.8 Å². The first-order valence-corrected chi connectivity index (χ1v) is 7.54. The van der Waals surface area contributed by atoms with E-state index in [1.807, 2.05) is 0 Å². The molecule has 24 heavy (non-hydrogen) atoms. The Morgan fingerprint density at radius 2 is 1.75 bits per heavy atom. The molecular formula is C19H15F2NO2. The van der Waals surface area contributed by atoms with Gasteiger partial charge in [0.05, 0.1) is 17.7 Å². The van der Waals surface area contributed by atoms with E-state index in [-0.39, 0.29) is 6.61 Å². The lowest BCUT2D eigenvalue weighted by Crippen LogP contribution is -2.29. The number of halogens is 2. The fourth-order valence-corrected chi connectivity index (χ4v) is 2.63. The Labute approximate surface area is 137 Å². The number of hydrogen-bond donors (Lipinski definition) is 0. The monoisotopic (exact) mass is 327 g/mol. The third-order valence-electron chi connectivity index (χ3n) is 3.71. The molecule has 1 aromatic heterocycles. The standard InChI is InChI=1S/C19H15F2NO2/c1-2-24-18(23)19(20,21)15-12-22-16-11-7-6-10-14(16)17(15)13-8-4-3-5-9-13/h3-12H,2H2,1H3. The quantitative estimate of drug-likeness (QED) is 0.660. The van der Waals surface area contributed by atoms with E-state index in [4.69, 9.17) is 0 Å². The minimum absolute atomic E-state index is 0.115. The largest absolute Gasteiger partial charge is 0.461 e. The van der Waals surface area contributed by atoms with Gasteiger partial charge in [0.2, 0.25) is 0 Å². The molecule has 0 amide bonds. The number of benzene rings is 2. The van der Waals surface area contributed by atoms with E-state index in [0.29, 0.717) is 22.0 Å². The number of hydrogen-bond acceptors (Lipinski definition) is 3. The summed E-state index contributed by atoms with van der Waals surface area (Å²) in [5.41, 5.74) is 1.01. The zero-order chi connectivity index (χ0) is 17.2. The van der Waals surface area contributed by atoms with Crippen LogP contribution in [0.5, 0.6) is 0 Å². The van der Waals surface area contributed by atoms with E-state index < -0.39 is 17.5 Å². The molecule has 0 N–H and O–H groups in total. The second kappa shape index (κ2) is 6.35. The molecule has 3 nitrogen and oxygen atoms in total. The number of fused-ring (bicyclic) bond motifs is 1. The van der Waals surface area contributed by atoms with Gasteiger partial charge in [-0.15, -0.1) is 0 Å². The van der Waals surface area contributed by atoms with Crippen molar-refractivity contribution in [1.82, 2.24) is 4.98 Å². The van der Waals surface area contributed by atoms with Gasteiger partial charge in [-0.2, -0.15) is 8.78 Å². The van der Waals surface area contributed by atoms with Crippen molar-refractivity contribution in [3.63, 3.8) is 0 Å². The van der Waals surface area contributed by atoms with Crippen molar-refractivity contribution in [2.75, 3.05) is 6.61 Å². The molecule has 3 aromatic rings. The zero-order valence-electron chi connectivity index (χ0n) is 13.0. The first kappa shape index (κ1) is 16.1. The summed E-state index contributed by atoms with van der Waals surface area (Å²) in [4.78, 5) is 15.9. The molecule has 5 heteroatoms. The molecule has 3 rings (SSSR count). The summed E-state index contributed by atoms with van der Waals surface area (Å²) < 4.78 is 33.9. The minimum atomic E-state index is -3.78. The first-order chi connectivity index (χ1) is 11.6. The fraction of sp³-hybridized carbons (Fsp3) is 0.158. The van der Waals surface area contributed by atoms with Crippen LogP contribution in [-0.4, -0.2) is 17.6 Å². The Balaban J connectivity index is 2.31. The molecule has 0 radical (unpaired) electrons. The summed E-state index contributed by atoms with van der Waals surface area (Å²) in [5.74, 6) is -5.35.